The molecule has 0 unspecified atom stereocenters. The van der Waals surface area contributed by atoms with E-state index in [1.165, 1.54) is 70.6 Å². The monoisotopic (exact) mass is 372 g/mol. The van der Waals surface area contributed by atoms with Crippen molar-refractivity contribution in [3.05, 3.63) is 0 Å². The van der Waals surface area contributed by atoms with Crippen LogP contribution in [0.4, 0.5) is 0 Å². The molecular weight excluding hydrogens is 332 g/mol. The van der Waals surface area contributed by atoms with Crippen LogP contribution >= 0.6 is 0 Å². The third kappa shape index (κ3) is 22.6. The minimum Gasteiger partial charge on any atom is -0.481 e. The molecule has 0 radical (unpaired) electrons. The van der Waals surface area contributed by atoms with E-state index in [2.05, 4.69) is 6.92 Å². The Morgan fingerprint density at radius 3 is 1.23 bits per heavy atom. The van der Waals surface area contributed by atoms with E-state index in [-0.39, 0.29) is 0 Å². The summed E-state index contributed by atoms with van der Waals surface area (Å²) in [5, 5.41) is 16.5. The van der Waals surface area contributed by atoms with Gasteiger partial charge in [-0.25, -0.2) is 4.79 Å². The fourth-order valence-electron chi connectivity index (χ4n) is 2.54. The van der Waals surface area contributed by atoms with Crippen LogP contribution in [0.1, 0.15) is 111 Å². The maximum absolute atomic E-state index is 10.3. The molecular formula is C21H40O5. The molecule has 0 bridgehead atoms. The number of Topliss-reactive ketones (excluding diaryl/α,β-unsaturated/α-hetero) is 1. The minimum absolute atomic E-state index is 0.345. The number of carbonyl (C=O) groups is 3. The van der Waals surface area contributed by atoms with Crippen LogP contribution in [0, 0.1) is 5.92 Å². The van der Waals surface area contributed by atoms with Crippen LogP contribution in [-0.4, -0.2) is 27.9 Å². The van der Waals surface area contributed by atoms with E-state index in [1.807, 2.05) is 0 Å². The molecule has 2 N–H and O–H groups in total. The first kappa shape index (κ1) is 26.8. The number of carboxylic acid groups (broad SMARTS) is 2. The SMILES string of the molecule is CC(C)C(=O)C(=O)O.CCCCCCCCCCCCCCCC(=O)O. The second kappa shape index (κ2) is 19.9. The van der Waals surface area contributed by atoms with Crippen molar-refractivity contribution < 1.29 is 24.6 Å². The van der Waals surface area contributed by atoms with Crippen molar-refractivity contribution >= 4 is 17.7 Å². The number of carboxylic acids is 2. The van der Waals surface area contributed by atoms with E-state index >= 15 is 0 Å². The van der Waals surface area contributed by atoms with Gasteiger partial charge in [0, 0.05) is 12.3 Å². The van der Waals surface area contributed by atoms with Gasteiger partial charge in [-0.15, -0.1) is 0 Å². The normalized spacial score (nSPS) is 10.3. The molecule has 0 aliphatic rings. The summed E-state index contributed by atoms with van der Waals surface area (Å²) in [5.41, 5.74) is 0. The summed E-state index contributed by atoms with van der Waals surface area (Å²) >= 11 is 0. The molecule has 0 atom stereocenters. The fourth-order valence-corrected chi connectivity index (χ4v) is 2.54. The molecule has 0 saturated carbocycles. The first-order valence-corrected chi connectivity index (χ1v) is 10.3. The highest BCUT2D eigenvalue weighted by Gasteiger charge is 2.14. The average Bonchev–Trinajstić information content (AvgIpc) is 2.58. The molecule has 5 heteroatoms. The number of hydrogen-bond acceptors (Lipinski definition) is 3. The molecule has 0 aliphatic heterocycles. The summed E-state index contributed by atoms with van der Waals surface area (Å²) in [5.74, 6) is -3.13. The highest BCUT2D eigenvalue weighted by atomic mass is 16.4. The number of rotatable bonds is 16. The lowest BCUT2D eigenvalue weighted by Gasteiger charge is -2.02. The van der Waals surface area contributed by atoms with E-state index in [1.54, 1.807) is 13.8 Å². The van der Waals surface area contributed by atoms with E-state index in [0.29, 0.717) is 6.42 Å². The number of ketones is 1. The first-order valence-electron chi connectivity index (χ1n) is 10.3. The van der Waals surface area contributed by atoms with Crippen molar-refractivity contribution in [2.45, 2.75) is 111 Å². The summed E-state index contributed by atoms with van der Waals surface area (Å²) in [6, 6.07) is 0. The van der Waals surface area contributed by atoms with Crippen LogP contribution in [0.15, 0.2) is 0 Å². The molecule has 154 valence electrons. The van der Waals surface area contributed by atoms with Crippen LogP contribution in [0.25, 0.3) is 0 Å². The number of unbranched alkanes of at least 4 members (excludes halogenated alkanes) is 12. The molecule has 26 heavy (non-hydrogen) atoms. The standard InChI is InChI=1S/C16H32O2.C5H8O3/c1-2-3-4-5-6-7-8-9-10-11-12-13-14-15-16(17)18;1-3(2)4(6)5(7)8/h2-15H2,1H3,(H,17,18);3H,1-2H3,(H,7,8). The smallest absolute Gasteiger partial charge is 0.372 e. The number of aliphatic carboxylic acids is 2. The summed E-state index contributed by atoms with van der Waals surface area (Å²) in [6.07, 6.45) is 17.3. The van der Waals surface area contributed by atoms with Crippen molar-refractivity contribution in [2.75, 3.05) is 0 Å². The van der Waals surface area contributed by atoms with Gasteiger partial charge in [0.2, 0.25) is 5.78 Å². The fraction of sp³-hybridized carbons (Fsp3) is 0.857. The Bertz CT molecular complexity index is 363. The van der Waals surface area contributed by atoms with Gasteiger partial charge in [-0.2, -0.15) is 0 Å². The quantitative estimate of drug-likeness (QED) is 0.262. The van der Waals surface area contributed by atoms with Gasteiger partial charge in [-0.3, -0.25) is 9.59 Å². The van der Waals surface area contributed by atoms with Crippen molar-refractivity contribution in [3.63, 3.8) is 0 Å². The Labute approximate surface area is 159 Å². The number of hydrogen-bond donors (Lipinski definition) is 2. The van der Waals surface area contributed by atoms with E-state index in [4.69, 9.17) is 10.2 Å². The Morgan fingerprint density at radius 1 is 0.654 bits per heavy atom. The Kier molecular flexibility index (Phi) is 20.6. The Hall–Kier alpha value is -1.39. The van der Waals surface area contributed by atoms with E-state index < -0.39 is 23.6 Å². The zero-order valence-corrected chi connectivity index (χ0v) is 17.1. The predicted octanol–water partition coefficient (Wildman–Crippen LogP) is 5.85. The summed E-state index contributed by atoms with van der Waals surface area (Å²) in [4.78, 5) is 30.3. The molecule has 0 aromatic heterocycles. The maximum atomic E-state index is 10.3. The van der Waals surface area contributed by atoms with E-state index in [9.17, 15) is 14.4 Å². The van der Waals surface area contributed by atoms with Gasteiger partial charge in [-0.05, 0) is 6.42 Å². The third-order valence-electron chi connectivity index (χ3n) is 4.23. The van der Waals surface area contributed by atoms with Crippen LogP contribution < -0.4 is 0 Å². The predicted molar refractivity (Wildman–Crippen MR) is 105 cm³/mol. The molecule has 0 aromatic carbocycles. The summed E-state index contributed by atoms with van der Waals surface area (Å²) < 4.78 is 0. The Morgan fingerprint density at radius 2 is 1.00 bits per heavy atom. The highest BCUT2D eigenvalue weighted by molar-refractivity contribution is 6.33. The summed E-state index contributed by atoms with van der Waals surface area (Å²) in [6.45, 7) is 5.36. The van der Waals surface area contributed by atoms with Crippen LogP contribution in [0.5, 0.6) is 0 Å². The largest absolute Gasteiger partial charge is 0.481 e. The topological polar surface area (TPSA) is 91.7 Å². The molecule has 0 aliphatic carbocycles. The zero-order chi connectivity index (χ0) is 20.2. The van der Waals surface area contributed by atoms with Gasteiger partial charge >= 0.3 is 11.9 Å². The maximum Gasteiger partial charge on any atom is 0.372 e. The molecule has 0 spiro atoms. The van der Waals surface area contributed by atoms with Crippen LogP contribution in [0.2, 0.25) is 0 Å². The Balaban J connectivity index is 0. The van der Waals surface area contributed by atoms with E-state index in [0.717, 1.165) is 12.8 Å². The van der Waals surface area contributed by atoms with Gasteiger partial charge in [0.25, 0.3) is 0 Å². The van der Waals surface area contributed by atoms with Gasteiger partial charge in [0.05, 0.1) is 0 Å². The van der Waals surface area contributed by atoms with Crippen molar-refractivity contribution in [1.29, 1.82) is 0 Å². The van der Waals surface area contributed by atoms with Gasteiger partial charge in [0.1, 0.15) is 0 Å². The molecule has 5 nitrogen and oxygen atoms in total. The molecule has 0 aromatic rings. The van der Waals surface area contributed by atoms with Gasteiger partial charge in [-0.1, -0.05) is 97.8 Å². The average molecular weight is 373 g/mol. The highest BCUT2D eigenvalue weighted by Crippen LogP contribution is 2.12. The van der Waals surface area contributed by atoms with Crippen molar-refractivity contribution in [2.24, 2.45) is 5.92 Å². The number of carbonyl (C=O) groups excluding carboxylic acids is 1. The zero-order valence-electron chi connectivity index (χ0n) is 17.1. The lowest BCUT2D eigenvalue weighted by molar-refractivity contribution is -0.150. The van der Waals surface area contributed by atoms with Crippen LogP contribution in [0.3, 0.4) is 0 Å². The van der Waals surface area contributed by atoms with Crippen molar-refractivity contribution in [1.82, 2.24) is 0 Å². The second-order valence-corrected chi connectivity index (χ2v) is 7.21. The molecule has 0 amide bonds. The lowest BCUT2D eigenvalue weighted by Crippen LogP contribution is -2.18. The second-order valence-electron chi connectivity index (χ2n) is 7.21. The van der Waals surface area contributed by atoms with Gasteiger partial charge < -0.3 is 10.2 Å². The lowest BCUT2D eigenvalue weighted by atomic mass is 10.0. The summed E-state index contributed by atoms with van der Waals surface area (Å²) in [7, 11) is 0. The molecule has 0 heterocycles. The first-order chi connectivity index (χ1) is 12.3. The van der Waals surface area contributed by atoms with Crippen molar-refractivity contribution in [3.8, 4) is 0 Å². The van der Waals surface area contributed by atoms with Crippen LogP contribution in [-0.2, 0) is 14.4 Å². The molecule has 0 rings (SSSR count). The van der Waals surface area contributed by atoms with Gasteiger partial charge in [0.15, 0.2) is 0 Å². The molecule has 0 saturated heterocycles. The third-order valence-corrected chi connectivity index (χ3v) is 4.23. The minimum atomic E-state index is -1.35. The molecule has 0 fully saturated rings.